The second kappa shape index (κ2) is 7.69. The molecular weight excluding hydrogens is 274 g/mol. The van der Waals surface area contributed by atoms with Gasteiger partial charge in [0.05, 0.1) is 0 Å². The van der Waals surface area contributed by atoms with Gasteiger partial charge in [0.25, 0.3) is 0 Å². The van der Waals surface area contributed by atoms with E-state index in [0.29, 0.717) is 0 Å². The minimum absolute atomic E-state index is 0.771. The summed E-state index contributed by atoms with van der Waals surface area (Å²) in [6.07, 6.45) is 9.69. The lowest BCUT2D eigenvalue weighted by Gasteiger charge is -2.33. The van der Waals surface area contributed by atoms with Gasteiger partial charge in [0.1, 0.15) is 0 Å². The summed E-state index contributed by atoms with van der Waals surface area (Å²) in [6, 6.07) is 12.7. The van der Waals surface area contributed by atoms with Gasteiger partial charge in [0.2, 0.25) is 0 Å². The largest absolute Gasteiger partial charge is 0.310 e. The van der Waals surface area contributed by atoms with Crippen LogP contribution in [0.25, 0.3) is 0 Å². The molecule has 2 unspecified atom stereocenters. The third-order valence-electron chi connectivity index (χ3n) is 5.28. The Hall–Kier alpha value is -0.470. The molecule has 1 N–H and O–H groups in total. The predicted octanol–water partition coefficient (Wildman–Crippen LogP) is 4.98. The Morgan fingerprint density at radius 3 is 2.48 bits per heavy atom. The van der Waals surface area contributed by atoms with Crippen molar-refractivity contribution < 1.29 is 0 Å². The third-order valence-corrected chi connectivity index (χ3v) is 6.61. The van der Waals surface area contributed by atoms with Crippen LogP contribution in [0.15, 0.2) is 30.3 Å². The van der Waals surface area contributed by atoms with E-state index in [1.54, 1.807) is 5.56 Å². The molecular formula is C19H29NS. The number of thioether (sulfide) groups is 1. The highest BCUT2D eigenvalue weighted by molar-refractivity contribution is 7.99. The second-order valence-electron chi connectivity index (χ2n) is 6.66. The standard InChI is InChI=1S/C19H29NS/c1-2-21-19-10-6-9-18(19)20-17-13-11-16(12-14-17)15-7-4-3-5-8-15/h3-5,7-8,16-20H,2,6,9-14H2,1H3. The normalized spacial score (nSPS) is 33.2. The fraction of sp³-hybridized carbons (Fsp3) is 0.684. The third kappa shape index (κ3) is 4.04. The van der Waals surface area contributed by atoms with Gasteiger partial charge in [-0.05, 0) is 55.8 Å². The van der Waals surface area contributed by atoms with Crippen LogP contribution in [0.4, 0.5) is 0 Å². The molecule has 2 saturated carbocycles. The number of benzene rings is 1. The second-order valence-corrected chi connectivity index (χ2v) is 8.17. The minimum atomic E-state index is 0.771. The highest BCUT2D eigenvalue weighted by Gasteiger charge is 2.30. The van der Waals surface area contributed by atoms with Gasteiger partial charge >= 0.3 is 0 Å². The number of rotatable bonds is 5. The zero-order valence-corrected chi connectivity index (χ0v) is 14.1. The van der Waals surface area contributed by atoms with Crippen LogP contribution in [0.1, 0.15) is 63.4 Å². The zero-order valence-electron chi connectivity index (χ0n) is 13.3. The average molecular weight is 304 g/mol. The van der Waals surface area contributed by atoms with Crippen molar-refractivity contribution in [3.63, 3.8) is 0 Å². The van der Waals surface area contributed by atoms with Crippen molar-refractivity contribution in [2.45, 2.75) is 75.1 Å². The maximum Gasteiger partial charge on any atom is 0.0201 e. The summed E-state index contributed by atoms with van der Waals surface area (Å²) in [7, 11) is 0. The van der Waals surface area contributed by atoms with Gasteiger partial charge in [-0.15, -0.1) is 0 Å². The molecule has 2 heteroatoms. The molecule has 1 aromatic carbocycles. The van der Waals surface area contributed by atoms with Gasteiger partial charge in [-0.2, -0.15) is 11.8 Å². The first kappa shape index (κ1) is 15.4. The fourth-order valence-corrected chi connectivity index (χ4v) is 5.36. The van der Waals surface area contributed by atoms with Crippen LogP contribution >= 0.6 is 11.8 Å². The lowest BCUT2D eigenvalue weighted by atomic mass is 9.81. The Bertz CT molecular complexity index is 411. The van der Waals surface area contributed by atoms with Crippen molar-refractivity contribution in [1.29, 1.82) is 0 Å². The molecule has 2 aliphatic rings. The van der Waals surface area contributed by atoms with Crippen molar-refractivity contribution >= 4 is 11.8 Å². The molecule has 0 radical (unpaired) electrons. The van der Waals surface area contributed by atoms with E-state index in [1.807, 2.05) is 0 Å². The van der Waals surface area contributed by atoms with Crippen LogP contribution in [-0.4, -0.2) is 23.1 Å². The zero-order chi connectivity index (χ0) is 14.5. The van der Waals surface area contributed by atoms with Crippen molar-refractivity contribution in [3.05, 3.63) is 35.9 Å². The number of hydrogen-bond acceptors (Lipinski definition) is 2. The van der Waals surface area contributed by atoms with Gasteiger partial charge in [-0.3, -0.25) is 0 Å². The van der Waals surface area contributed by atoms with E-state index in [4.69, 9.17) is 0 Å². The molecule has 0 spiro atoms. The summed E-state index contributed by atoms with van der Waals surface area (Å²) in [5, 5.41) is 4.88. The Labute approximate surface area is 134 Å². The Morgan fingerprint density at radius 1 is 1.00 bits per heavy atom. The van der Waals surface area contributed by atoms with Gasteiger partial charge in [0.15, 0.2) is 0 Å². The highest BCUT2D eigenvalue weighted by atomic mass is 32.2. The Morgan fingerprint density at radius 2 is 1.76 bits per heavy atom. The predicted molar refractivity (Wildman–Crippen MR) is 94.1 cm³/mol. The van der Waals surface area contributed by atoms with E-state index < -0.39 is 0 Å². The molecule has 2 aliphatic carbocycles. The van der Waals surface area contributed by atoms with E-state index in [2.05, 4.69) is 54.3 Å². The molecule has 21 heavy (non-hydrogen) atoms. The molecule has 3 rings (SSSR count). The van der Waals surface area contributed by atoms with E-state index in [9.17, 15) is 0 Å². The van der Waals surface area contributed by atoms with E-state index in [1.165, 1.54) is 50.7 Å². The van der Waals surface area contributed by atoms with Crippen LogP contribution in [0, 0.1) is 0 Å². The van der Waals surface area contributed by atoms with Crippen molar-refractivity contribution in [2.24, 2.45) is 0 Å². The number of hydrogen-bond donors (Lipinski definition) is 1. The lowest BCUT2D eigenvalue weighted by Crippen LogP contribution is -2.43. The summed E-state index contributed by atoms with van der Waals surface area (Å²) in [4.78, 5) is 0. The molecule has 0 amide bonds. The van der Waals surface area contributed by atoms with E-state index >= 15 is 0 Å². The Balaban J connectivity index is 1.47. The molecule has 1 nitrogen and oxygen atoms in total. The van der Waals surface area contributed by atoms with Crippen LogP contribution in [-0.2, 0) is 0 Å². The van der Waals surface area contributed by atoms with Crippen LogP contribution in [0.3, 0.4) is 0 Å². The van der Waals surface area contributed by atoms with Gasteiger partial charge in [0, 0.05) is 17.3 Å². The first-order valence-corrected chi connectivity index (χ1v) is 9.84. The monoisotopic (exact) mass is 303 g/mol. The van der Waals surface area contributed by atoms with E-state index in [-0.39, 0.29) is 0 Å². The SMILES string of the molecule is CCSC1CCCC1NC1CCC(c2ccccc2)CC1. The molecule has 2 fully saturated rings. The van der Waals surface area contributed by atoms with Crippen LogP contribution < -0.4 is 5.32 Å². The first-order chi connectivity index (χ1) is 10.4. The Kier molecular flexibility index (Phi) is 5.65. The molecule has 0 aliphatic heterocycles. The summed E-state index contributed by atoms with van der Waals surface area (Å²) in [5.74, 6) is 2.07. The lowest BCUT2D eigenvalue weighted by molar-refractivity contribution is 0.316. The molecule has 0 heterocycles. The molecule has 2 atom stereocenters. The molecule has 0 aromatic heterocycles. The van der Waals surface area contributed by atoms with Crippen molar-refractivity contribution in [3.8, 4) is 0 Å². The minimum Gasteiger partial charge on any atom is -0.310 e. The topological polar surface area (TPSA) is 12.0 Å². The fourth-order valence-electron chi connectivity index (χ4n) is 4.15. The molecule has 1 aromatic rings. The van der Waals surface area contributed by atoms with Crippen LogP contribution in [0.5, 0.6) is 0 Å². The van der Waals surface area contributed by atoms with Crippen molar-refractivity contribution in [1.82, 2.24) is 5.32 Å². The molecule has 0 bridgehead atoms. The van der Waals surface area contributed by atoms with Crippen molar-refractivity contribution in [2.75, 3.05) is 5.75 Å². The summed E-state index contributed by atoms with van der Waals surface area (Å²) >= 11 is 2.17. The summed E-state index contributed by atoms with van der Waals surface area (Å²) in [5.41, 5.74) is 1.55. The maximum absolute atomic E-state index is 4.00. The van der Waals surface area contributed by atoms with Gasteiger partial charge in [-0.1, -0.05) is 43.7 Å². The quantitative estimate of drug-likeness (QED) is 0.823. The summed E-state index contributed by atoms with van der Waals surface area (Å²) < 4.78 is 0. The molecule has 0 saturated heterocycles. The smallest absolute Gasteiger partial charge is 0.0201 e. The average Bonchev–Trinajstić information content (AvgIpc) is 2.96. The van der Waals surface area contributed by atoms with Gasteiger partial charge in [-0.25, -0.2) is 0 Å². The maximum atomic E-state index is 4.00. The van der Waals surface area contributed by atoms with Gasteiger partial charge < -0.3 is 5.32 Å². The highest BCUT2D eigenvalue weighted by Crippen LogP contribution is 2.35. The summed E-state index contributed by atoms with van der Waals surface area (Å²) in [6.45, 7) is 2.30. The molecule has 116 valence electrons. The first-order valence-electron chi connectivity index (χ1n) is 8.79. The van der Waals surface area contributed by atoms with Crippen LogP contribution in [0.2, 0.25) is 0 Å². The number of nitrogens with one attached hydrogen (secondary N) is 1. The van der Waals surface area contributed by atoms with E-state index in [0.717, 1.165) is 23.3 Å².